The Bertz CT molecular complexity index is 372. The summed E-state index contributed by atoms with van der Waals surface area (Å²) in [7, 11) is 0. The molecule has 0 saturated carbocycles. The zero-order valence-corrected chi connectivity index (χ0v) is 9.15. The van der Waals surface area contributed by atoms with Gasteiger partial charge in [-0.3, -0.25) is 10.1 Å². The van der Waals surface area contributed by atoms with Crippen molar-refractivity contribution in [3.8, 4) is 0 Å². The quantitative estimate of drug-likeness (QED) is 0.487. The van der Waals surface area contributed by atoms with Crippen LogP contribution in [-0.2, 0) is 0 Å². The average molecular weight is 231 g/mol. The van der Waals surface area contributed by atoms with Crippen molar-refractivity contribution in [2.45, 2.75) is 26.3 Å². The molecule has 6 nitrogen and oxygen atoms in total. The van der Waals surface area contributed by atoms with E-state index < -0.39 is 4.92 Å². The summed E-state index contributed by atoms with van der Waals surface area (Å²) in [6.07, 6.45) is 1.93. The number of hydrogen-bond donors (Lipinski definition) is 1. The lowest BCUT2D eigenvalue weighted by atomic mass is 10.2. The second-order valence-corrected chi connectivity index (χ2v) is 3.42. The maximum absolute atomic E-state index is 10.6. The molecule has 1 atom stereocenters. The van der Waals surface area contributed by atoms with Crippen molar-refractivity contribution < 1.29 is 4.92 Å². The molecule has 0 saturated heterocycles. The van der Waals surface area contributed by atoms with Crippen LogP contribution in [-0.4, -0.2) is 20.9 Å². The molecule has 0 aliphatic carbocycles. The van der Waals surface area contributed by atoms with Crippen LogP contribution >= 0.6 is 11.6 Å². The Labute approximate surface area is 91.8 Å². The predicted octanol–water partition coefficient (Wildman–Crippen LogP) is 2.25. The van der Waals surface area contributed by atoms with Crippen molar-refractivity contribution in [1.82, 2.24) is 9.97 Å². The largest absolute Gasteiger partial charge is 0.362 e. The fraction of sp³-hybridized carbons (Fsp3) is 0.500. The zero-order valence-electron chi connectivity index (χ0n) is 8.40. The second kappa shape index (κ2) is 4.88. The Morgan fingerprint density at radius 3 is 2.93 bits per heavy atom. The van der Waals surface area contributed by atoms with Crippen molar-refractivity contribution in [2.24, 2.45) is 0 Å². The fourth-order valence-electron chi connectivity index (χ4n) is 0.929. The number of nitro groups is 1. The van der Waals surface area contributed by atoms with Gasteiger partial charge in [-0.25, -0.2) is 4.98 Å². The van der Waals surface area contributed by atoms with E-state index in [1.54, 1.807) is 0 Å². The number of rotatable bonds is 4. The van der Waals surface area contributed by atoms with Gasteiger partial charge in [0.1, 0.15) is 6.20 Å². The Balaban J connectivity index is 3.02. The molecule has 1 rings (SSSR count). The van der Waals surface area contributed by atoms with Gasteiger partial charge in [0, 0.05) is 6.04 Å². The van der Waals surface area contributed by atoms with Gasteiger partial charge in [-0.1, -0.05) is 6.92 Å². The lowest BCUT2D eigenvalue weighted by Gasteiger charge is -2.11. The molecule has 0 bridgehead atoms. The highest BCUT2D eigenvalue weighted by Crippen LogP contribution is 2.22. The normalized spacial score (nSPS) is 12.2. The molecule has 0 aromatic carbocycles. The van der Waals surface area contributed by atoms with Crippen LogP contribution in [0.25, 0.3) is 0 Å². The number of halogens is 1. The smallest absolute Gasteiger partial charge is 0.329 e. The molecule has 0 fully saturated rings. The SMILES string of the molecule is CC[C@@H](C)Nc1nc(Cl)ncc1[N+](=O)[O-]. The molecule has 0 radical (unpaired) electrons. The molecule has 0 amide bonds. The zero-order chi connectivity index (χ0) is 11.4. The molecule has 1 N–H and O–H groups in total. The highest BCUT2D eigenvalue weighted by Gasteiger charge is 2.17. The summed E-state index contributed by atoms with van der Waals surface area (Å²) >= 11 is 5.56. The van der Waals surface area contributed by atoms with Crippen LogP contribution in [0.2, 0.25) is 5.28 Å². The molecule has 7 heteroatoms. The maximum Gasteiger partial charge on any atom is 0.329 e. The van der Waals surface area contributed by atoms with Crippen LogP contribution in [0.1, 0.15) is 20.3 Å². The molecule has 1 heterocycles. The predicted molar refractivity (Wildman–Crippen MR) is 57.1 cm³/mol. The van der Waals surface area contributed by atoms with Crippen LogP contribution in [0.15, 0.2) is 6.20 Å². The lowest BCUT2D eigenvalue weighted by Crippen LogP contribution is -2.16. The van der Waals surface area contributed by atoms with Gasteiger partial charge < -0.3 is 5.32 Å². The number of nitrogens with one attached hydrogen (secondary N) is 1. The summed E-state index contributed by atoms with van der Waals surface area (Å²) < 4.78 is 0. The van der Waals surface area contributed by atoms with E-state index in [9.17, 15) is 10.1 Å². The molecule has 0 unspecified atom stereocenters. The molecule has 1 aromatic rings. The first-order valence-electron chi connectivity index (χ1n) is 4.48. The molecular weight excluding hydrogens is 220 g/mol. The number of aromatic nitrogens is 2. The Morgan fingerprint density at radius 2 is 2.40 bits per heavy atom. The third-order valence-corrected chi connectivity index (χ3v) is 2.11. The fourth-order valence-corrected chi connectivity index (χ4v) is 1.06. The van der Waals surface area contributed by atoms with Crippen molar-refractivity contribution in [1.29, 1.82) is 0 Å². The van der Waals surface area contributed by atoms with Gasteiger partial charge in [0.25, 0.3) is 0 Å². The second-order valence-electron chi connectivity index (χ2n) is 3.08. The van der Waals surface area contributed by atoms with Crippen molar-refractivity contribution in [3.05, 3.63) is 21.6 Å². The third kappa shape index (κ3) is 3.02. The van der Waals surface area contributed by atoms with E-state index in [1.165, 1.54) is 0 Å². The minimum Gasteiger partial charge on any atom is -0.362 e. The van der Waals surface area contributed by atoms with Gasteiger partial charge in [-0.15, -0.1) is 0 Å². The lowest BCUT2D eigenvalue weighted by molar-refractivity contribution is -0.384. The minimum atomic E-state index is -0.541. The summed E-state index contributed by atoms with van der Waals surface area (Å²) in [6, 6.07) is 0.0923. The van der Waals surface area contributed by atoms with E-state index in [4.69, 9.17) is 11.6 Å². The first-order chi connectivity index (χ1) is 7.04. The molecule has 1 aromatic heterocycles. The van der Waals surface area contributed by atoms with E-state index >= 15 is 0 Å². The summed E-state index contributed by atoms with van der Waals surface area (Å²) in [5, 5.41) is 13.5. The summed E-state index contributed by atoms with van der Waals surface area (Å²) in [5.41, 5.74) is -0.167. The van der Waals surface area contributed by atoms with Crippen molar-refractivity contribution in [2.75, 3.05) is 5.32 Å². The van der Waals surface area contributed by atoms with Gasteiger partial charge >= 0.3 is 5.69 Å². The molecule has 0 aliphatic rings. The topological polar surface area (TPSA) is 81.0 Å². The van der Waals surface area contributed by atoms with Gasteiger partial charge in [-0.05, 0) is 24.9 Å². The van der Waals surface area contributed by atoms with Gasteiger partial charge in [0.15, 0.2) is 0 Å². The summed E-state index contributed by atoms with van der Waals surface area (Å²) in [6.45, 7) is 3.87. The number of nitrogens with zero attached hydrogens (tertiary/aromatic N) is 3. The monoisotopic (exact) mass is 230 g/mol. The van der Waals surface area contributed by atoms with Crippen LogP contribution in [0, 0.1) is 10.1 Å². The molecule has 82 valence electrons. The van der Waals surface area contributed by atoms with E-state index in [-0.39, 0.29) is 22.8 Å². The van der Waals surface area contributed by atoms with Gasteiger partial charge in [0.2, 0.25) is 11.1 Å². The summed E-state index contributed by atoms with van der Waals surface area (Å²) in [4.78, 5) is 17.5. The van der Waals surface area contributed by atoms with E-state index in [0.29, 0.717) is 0 Å². The van der Waals surface area contributed by atoms with E-state index in [1.807, 2.05) is 13.8 Å². The average Bonchev–Trinajstić information content (AvgIpc) is 2.17. The van der Waals surface area contributed by atoms with Crippen LogP contribution in [0.5, 0.6) is 0 Å². The van der Waals surface area contributed by atoms with Crippen LogP contribution < -0.4 is 5.32 Å². The standard InChI is InChI=1S/C8H11ClN4O2/c1-3-5(2)11-7-6(13(14)15)4-10-8(9)12-7/h4-5H,3H2,1-2H3,(H,10,11,12)/t5-/m1/s1. The van der Waals surface area contributed by atoms with Crippen LogP contribution in [0.3, 0.4) is 0 Å². The third-order valence-electron chi connectivity index (χ3n) is 1.93. The number of hydrogen-bond acceptors (Lipinski definition) is 5. The summed E-state index contributed by atoms with van der Waals surface area (Å²) in [5.74, 6) is 0.161. The first kappa shape index (κ1) is 11.6. The van der Waals surface area contributed by atoms with Crippen LogP contribution in [0.4, 0.5) is 11.5 Å². The Hall–Kier alpha value is -1.43. The number of anilines is 1. The van der Waals surface area contributed by atoms with Gasteiger partial charge in [-0.2, -0.15) is 4.98 Å². The Morgan fingerprint density at radius 1 is 1.73 bits per heavy atom. The van der Waals surface area contributed by atoms with E-state index in [2.05, 4.69) is 15.3 Å². The molecule has 0 aliphatic heterocycles. The van der Waals surface area contributed by atoms with Gasteiger partial charge in [0.05, 0.1) is 4.92 Å². The molecular formula is C8H11ClN4O2. The maximum atomic E-state index is 10.6. The minimum absolute atomic E-state index is 0.00796. The molecule has 0 spiro atoms. The van der Waals surface area contributed by atoms with Crippen molar-refractivity contribution in [3.63, 3.8) is 0 Å². The van der Waals surface area contributed by atoms with E-state index in [0.717, 1.165) is 12.6 Å². The Kier molecular flexibility index (Phi) is 3.79. The molecule has 15 heavy (non-hydrogen) atoms. The first-order valence-corrected chi connectivity index (χ1v) is 4.85. The highest BCUT2D eigenvalue weighted by molar-refractivity contribution is 6.28. The highest BCUT2D eigenvalue weighted by atomic mass is 35.5. The van der Waals surface area contributed by atoms with Crippen molar-refractivity contribution >= 4 is 23.1 Å².